The molecule has 1 aliphatic carbocycles. The monoisotopic (exact) mass is 275 g/mol. The van der Waals surface area contributed by atoms with Crippen LogP contribution in [0.1, 0.15) is 31.2 Å². The van der Waals surface area contributed by atoms with Gasteiger partial charge in [0.25, 0.3) is 0 Å². The highest BCUT2D eigenvalue weighted by Crippen LogP contribution is 2.32. The average molecular weight is 275 g/mol. The number of nitrogens with one attached hydrogen (secondary N) is 2. The number of hydrogen-bond acceptors (Lipinski definition) is 3. The van der Waals surface area contributed by atoms with E-state index in [0.29, 0.717) is 12.8 Å². The van der Waals surface area contributed by atoms with E-state index in [-0.39, 0.29) is 17.4 Å². The molecule has 2 amide bonds. The van der Waals surface area contributed by atoms with Crippen molar-refractivity contribution in [2.45, 2.75) is 37.6 Å². The molecule has 0 saturated heterocycles. The van der Waals surface area contributed by atoms with E-state index >= 15 is 0 Å². The summed E-state index contributed by atoms with van der Waals surface area (Å²) in [5, 5.41) is 5.42. The first-order valence-corrected chi connectivity index (χ1v) is 6.89. The Bertz CT molecular complexity index is 492. The summed E-state index contributed by atoms with van der Waals surface area (Å²) in [6.07, 6.45) is 3.67. The first kappa shape index (κ1) is 14.5. The van der Waals surface area contributed by atoms with Gasteiger partial charge >= 0.3 is 0 Å². The van der Waals surface area contributed by atoms with Crippen LogP contribution < -0.4 is 16.4 Å². The van der Waals surface area contributed by atoms with Crippen LogP contribution in [0.3, 0.4) is 0 Å². The molecule has 4 N–H and O–H groups in total. The van der Waals surface area contributed by atoms with Crippen molar-refractivity contribution in [3.05, 3.63) is 29.8 Å². The third kappa shape index (κ3) is 3.81. The number of rotatable bonds is 5. The Hall–Kier alpha value is -1.88. The van der Waals surface area contributed by atoms with Gasteiger partial charge in [0.15, 0.2) is 0 Å². The smallest absolute Gasteiger partial charge is 0.226 e. The summed E-state index contributed by atoms with van der Waals surface area (Å²) in [6.45, 7) is 0. The zero-order valence-electron chi connectivity index (χ0n) is 11.7. The number of amides is 2. The number of benzene rings is 1. The maximum absolute atomic E-state index is 11.9. The van der Waals surface area contributed by atoms with Gasteiger partial charge in [0.05, 0.1) is 6.42 Å². The van der Waals surface area contributed by atoms with Crippen molar-refractivity contribution in [1.82, 2.24) is 5.32 Å². The number of anilines is 1. The molecule has 0 atom stereocenters. The highest BCUT2D eigenvalue weighted by Gasteiger charge is 2.34. The van der Waals surface area contributed by atoms with Crippen molar-refractivity contribution in [2.75, 3.05) is 12.4 Å². The largest absolute Gasteiger partial charge is 0.359 e. The average Bonchev–Trinajstić information content (AvgIpc) is 2.39. The Morgan fingerprint density at radius 1 is 1.20 bits per heavy atom. The van der Waals surface area contributed by atoms with Crippen LogP contribution in [-0.4, -0.2) is 24.4 Å². The maximum Gasteiger partial charge on any atom is 0.226 e. The van der Waals surface area contributed by atoms with Crippen LogP contribution in [-0.2, 0) is 16.0 Å². The Kier molecular flexibility index (Phi) is 4.39. The van der Waals surface area contributed by atoms with E-state index in [1.165, 1.54) is 0 Å². The zero-order chi connectivity index (χ0) is 14.6. The predicted octanol–water partition coefficient (Wildman–Crippen LogP) is 1.19. The van der Waals surface area contributed by atoms with Crippen LogP contribution >= 0.6 is 0 Å². The molecular weight excluding hydrogens is 254 g/mol. The molecule has 5 nitrogen and oxygen atoms in total. The van der Waals surface area contributed by atoms with Gasteiger partial charge in [-0.25, -0.2) is 0 Å². The topological polar surface area (TPSA) is 84.2 Å². The zero-order valence-corrected chi connectivity index (χ0v) is 11.7. The van der Waals surface area contributed by atoms with Crippen LogP contribution in [0.5, 0.6) is 0 Å². The van der Waals surface area contributed by atoms with Crippen LogP contribution in [0, 0.1) is 0 Å². The number of hydrogen-bond donors (Lipinski definition) is 3. The Morgan fingerprint density at radius 2 is 1.85 bits per heavy atom. The van der Waals surface area contributed by atoms with Gasteiger partial charge in [-0.2, -0.15) is 0 Å². The number of carbonyl (C=O) groups is 2. The lowest BCUT2D eigenvalue weighted by atomic mass is 9.75. The molecule has 5 heteroatoms. The normalized spacial score (nSPS) is 16.1. The van der Waals surface area contributed by atoms with Crippen LogP contribution in [0.4, 0.5) is 5.69 Å². The van der Waals surface area contributed by atoms with Gasteiger partial charge in [-0.05, 0) is 37.0 Å². The fourth-order valence-corrected chi connectivity index (χ4v) is 2.31. The van der Waals surface area contributed by atoms with Crippen molar-refractivity contribution >= 4 is 17.5 Å². The molecular formula is C15H21N3O2. The van der Waals surface area contributed by atoms with Gasteiger partial charge in [-0.3, -0.25) is 9.59 Å². The quantitative estimate of drug-likeness (QED) is 0.754. The van der Waals surface area contributed by atoms with E-state index in [1.807, 2.05) is 12.1 Å². The number of likely N-dealkylation sites (N-methyl/N-ethyl adjacent to an activating group) is 1. The summed E-state index contributed by atoms with van der Waals surface area (Å²) >= 11 is 0. The third-order valence-corrected chi connectivity index (χ3v) is 3.74. The van der Waals surface area contributed by atoms with Gasteiger partial charge in [0.1, 0.15) is 0 Å². The molecule has 0 aliphatic heterocycles. The van der Waals surface area contributed by atoms with E-state index in [0.717, 1.165) is 30.5 Å². The van der Waals surface area contributed by atoms with Crippen molar-refractivity contribution < 1.29 is 9.59 Å². The van der Waals surface area contributed by atoms with E-state index in [1.54, 1.807) is 19.2 Å². The minimum absolute atomic E-state index is 0.0307. The van der Waals surface area contributed by atoms with E-state index in [2.05, 4.69) is 10.6 Å². The van der Waals surface area contributed by atoms with Crippen LogP contribution in [0.25, 0.3) is 0 Å². The van der Waals surface area contributed by atoms with Gasteiger partial charge in [0.2, 0.25) is 11.8 Å². The second kappa shape index (κ2) is 6.05. The SMILES string of the molecule is CNC(=O)Cc1ccc(NC(=O)CC2(N)CCC2)cc1. The van der Waals surface area contributed by atoms with Crippen molar-refractivity contribution in [3.63, 3.8) is 0 Å². The molecule has 0 unspecified atom stereocenters. The molecule has 20 heavy (non-hydrogen) atoms. The van der Waals surface area contributed by atoms with E-state index < -0.39 is 0 Å². The summed E-state index contributed by atoms with van der Waals surface area (Å²) < 4.78 is 0. The molecule has 1 aromatic rings. The fraction of sp³-hybridized carbons (Fsp3) is 0.467. The predicted molar refractivity (Wildman–Crippen MR) is 78.2 cm³/mol. The molecule has 108 valence electrons. The number of carbonyl (C=O) groups excluding carboxylic acids is 2. The van der Waals surface area contributed by atoms with Crippen molar-refractivity contribution in [2.24, 2.45) is 5.73 Å². The Balaban J connectivity index is 1.86. The molecule has 0 heterocycles. The van der Waals surface area contributed by atoms with E-state index in [9.17, 15) is 9.59 Å². The number of nitrogens with two attached hydrogens (primary N) is 1. The minimum Gasteiger partial charge on any atom is -0.359 e. The van der Waals surface area contributed by atoms with Crippen molar-refractivity contribution in [3.8, 4) is 0 Å². The molecule has 0 aromatic heterocycles. The fourth-order valence-electron chi connectivity index (χ4n) is 2.31. The lowest BCUT2D eigenvalue weighted by molar-refractivity contribution is -0.120. The molecule has 1 fully saturated rings. The third-order valence-electron chi connectivity index (χ3n) is 3.74. The summed E-state index contributed by atoms with van der Waals surface area (Å²) in [4.78, 5) is 23.1. The second-order valence-electron chi connectivity index (χ2n) is 5.49. The highest BCUT2D eigenvalue weighted by atomic mass is 16.2. The lowest BCUT2D eigenvalue weighted by Gasteiger charge is -2.37. The van der Waals surface area contributed by atoms with Gasteiger partial charge in [-0.15, -0.1) is 0 Å². The van der Waals surface area contributed by atoms with Gasteiger partial charge < -0.3 is 16.4 Å². The van der Waals surface area contributed by atoms with Gasteiger partial charge in [-0.1, -0.05) is 12.1 Å². The minimum atomic E-state index is -0.302. The molecule has 1 aliphatic rings. The molecule has 0 spiro atoms. The summed E-state index contributed by atoms with van der Waals surface area (Å²) in [5.74, 6) is -0.0805. The Morgan fingerprint density at radius 3 is 2.35 bits per heavy atom. The first-order valence-electron chi connectivity index (χ1n) is 6.89. The molecule has 1 aromatic carbocycles. The highest BCUT2D eigenvalue weighted by molar-refractivity contribution is 5.91. The Labute approximate surface area is 118 Å². The van der Waals surface area contributed by atoms with Crippen molar-refractivity contribution in [1.29, 1.82) is 0 Å². The van der Waals surface area contributed by atoms with Gasteiger partial charge in [0, 0.05) is 24.7 Å². The molecule has 0 bridgehead atoms. The van der Waals surface area contributed by atoms with Crippen LogP contribution in [0.2, 0.25) is 0 Å². The van der Waals surface area contributed by atoms with E-state index in [4.69, 9.17) is 5.73 Å². The summed E-state index contributed by atoms with van der Waals surface area (Å²) in [5.41, 5.74) is 7.39. The molecule has 1 saturated carbocycles. The standard InChI is InChI=1S/C15H21N3O2/c1-17-13(19)9-11-3-5-12(6-4-11)18-14(20)10-15(16)7-2-8-15/h3-6H,2,7-10,16H2,1H3,(H,17,19)(H,18,20). The van der Waals surface area contributed by atoms with Crippen LogP contribution in [0.15, 0.2) is 24.3 Å². The second-order valence-corrected chi connectivity index (χ2v) is 5.49. The summed E-state index contributed by atoms with van der Waals surface area (Å²) in [6, 6.07) is 7.29. The maximum atomic E-state index is 11.9. The lowest BCUT2D eigenvalue weighted by Crippen LogP contribution is -2.48. The molecule has 0 radical (unpaired) electrons. The summed E-state index contributed by atoms with van der Waals surface area (Å²) in [7, 11) is 1.61. The first-order chi connectivity index (χ1) is 9.50. The molecule has 2 rings (SSSR count).